The molecule has 0 aliphatic heterocycles. The average Bonchev–Trinajstić information content (AvgIpc) is 0.722. The third-order valence-electron chi connectivity index (χ3n) is 0. The van der Waals surface area contributed by atoms with E-state index in [1.807, 2.05) is 0 Å². The minimum atomic E-state index is -1.37. The molecule has 32 valence electrons. The van der Waals surface area contributed by atoms with E-state index >= 15 is 0 Å². The minimum absolute atomic E-state index is 1.37. The van der Waals surface area contributed by atoms with Crippen LogP contribution in [0, 0.1) is 0 Å². The molecule has 0 saturated carbocycles. The standard InChI is InChI=1S/Br3PS/c1-4(2,3)5. The van der Waals surface area contributed by atoms with Crippen molar-refractivity contribution in [3.05, 3.63) is 0 Å². The minimum Gasteiger partial charge on any atom is -0.0609 e. The molecule has 0 radical (unpaired) electrons. The monoisotopic (exact) mass is 300 g/mol. The molecule has 0 rings (SSSR count). The van der Waals surface area contributed by atoms with Crippen molar-refractivity contribution in [1.82, 2.24) is 0 Å². The molecule has 0 heterocycles. The van der Waals surface area contributed by atoms with Crippen molar-refractivity contribution in [2.75, 3.05) is 0 Å². The molecule has 0 aliphatic rings. The number of hydrogen-bond acceptors (Lipinski definition) is 1. The Morgan fingerprint density at radius 3 is 1.20 bits per heavy atom. The van der Waals surface area contributed by atoms with Gasteiger partial charge < -0.3 is 0 Å². The highest BCUT2D eigenvalue weighted by atomic mass is 80.0. The van der Waals surface area contributed by atoms with Gasteiger partial charge in [0.1, 0.15) is 2.15 Å². The van der Waals surface area contributed by atoms with Gasteiger partial charge in [-0.25, -0.2) is 0 Å². The molecule has 0 saturated heterocycles. The molecule has 0 fully saturated rings. The van der Waals surface area contributed by atoms with Gasteiger partial charge >= 0.3 is 0 Å². The van der Waals surface area contributed by atoms with Crippen LogP contribution < -0.4 is 0 Å². The van der Waals surface area contributed by atoms with Gasteiger partial charge in [0, 0.05) is 0 Å². The van der Waals surface area contributed by atoms with E-state index in [2.05, 4.69) is 58.3 Å². The normalized spacial score (nSPS) is 11.8. The first-order valence-corrected chi connectivity index (χ1v) is 9.55. The van der Waals surface area contributed by atoms with Gasteiger partial charge in [0.25, 0.3) is 0 Å². The molecule has 0 aliphatic carbocycles. The summed E-state index contributed by atoms with van der Waals surface area (Å²) in [6.45, 7) is 0. The highest BCUT2D eigenvalue weighted by molar-refractivity contribution is 9.98. The van der Waals surface area contributed by atoms with Gasteiger partial charge in [-0.3, -0.25) is 0 Å². The Morgan fingerprint density at radius 2 is 1.20 bits per heavy atom. The predicted octanol–water partition coefficient (Wildman–Crippen LogP) is 3.40. The fraction of sp³-hybridized carbons (Fsp3) is 0. The summed E-state index contributed by atoms with van der Waals surface area (Å²) in [7, 11) is 0. The van der Waals surface area contributed by atoms with Crippen molar-refractivity contribution < 1.29 is 0 Å². The smallest absolute Gasteiger partial charge is 0.0609 e. The quantitative estimate of drug-likeness (QED) is 0.618. The van der Waals surface area contributed by atoms with Crippen LogP contribution in [0.1, 0.15) is 0 Å². The summed E-state index contributed by atoms with van der Waals surface area (Å²) in [6.07, 6.45) is 0. The highest BCUT2D eigenvalue weighted by Gasteiger charge is 1.93. The van der Waals surface area contributed by atoms with Gasteiger partial charge in [0.2, 0.25) is 0 Å². The van der Waals surface area contributed by atoms with Gasteiger partial charge in [-0.15, -0.1) is 0 Å². The maximum Gasteiger partial charge on any atom is 0.136 e. The van der Waals surface area contributed by atoms with Gasteiger partial charge in [-0.2, -0.15) is 0 Å². The Hall–Kier alpha value is 2.09. The van der Waals surface area contributed by atoms with Crippen LogP contribution in [-0.4, -0.2) is 0 Å². The van der Waals surface area contributed by atoms with Gasteiger partial charge in [-0.05, 0) is 46.5 Å². The second-order valence-electron chi connectivity index (χ2n) is 0.399. The second-order valence-corrected chi connectivity index (χ2v) is 25.2. The third-order valence-corrected chi connectivity index (χ3v) is 0. The molecule has 0 aromatic carbocycles. The van der Waals surface area contributed by atoms with E-state index in [0.29, 0.717) is 0 Å². The number of hydrogen-bond donors (Lipinski definition) is 0. The van der Waals surface area contributed by atoms with E-state index in [-0.39, 0.29) is 0 Å². The zero-order chi connectivity index (χ0) is 4.50. The maximum absolute atomic E-state index is 4.69. The van der Waals surface area contributed by atoms with E-state index in [9.17, 15) is 0 Å². The summed E-state index contributed by atoms with van der Waals surface area (Å²) in [4.78, 5) is 0. The summed E-state index contributed by atoms with van der Waals surface area (Å²) in [5.41, 5.74) is 0. The van der Waals surface area contributed by atoms with E-state index in [0.717, 1.165) is 0 Å². The summed E-state index contributed by atoms with van der Waals surface area (Å²) in [5.74, 6) is 0. The van der Waals surface area contributed by atoms with Crippen LogP contribution in [0.25, 0.3) is 0 Å². The average molecular weight is 303 g/mol. The fourth-order valence-corrected chi connectivity index (χ4v) is 0. The van der Waals surface area contributed by atoms with Crippen LogP contribution >= 0.6 is 48.6 Å². The molecule has 0 aromatic heterocycles. The van der Waals surface area contributed by atoms with E-state index < -0.39 is 2.15 Å². The Kier molecular flexibility index (Phi) is 3.42. The topological polar surface area (TPSA) is 0 Å². The molecule has 0 unspecified atom stereocenters. The van der Waals surface area contributed by atoms with Crippen molar-refractivity contribution in [2.24, 2.45) is 0 Å². The SMILES string of the molecule is S=P(Br)(Br)Br. The van der Waals surface area contributed by atoms with Crippen molar-refractivity contribution in [1.29, 1.82) is 0 Å². The van der Waals surface area contributed by atoms with Crippen molar-refractivity contribution >= 4 is 60.4 Å². The lowest BCUT2D eigenvalue weighted by Crippen LogP contribution is -1.11. The molecular formula is Br3PS. The second kappa shape index (κ2) is 2.41. The lowest BCUT2D eigenvalue weighted by Gasteiger charge is -1.82. The van der Waals surface area contributed by atoms with Gasteiger partial charge in [0.15, 0.2) is 0 Å². The molecule has 5 heteroatoms. The molecule has 0 aromatic rings. The molecule has 0 amide bonds. The first-order valence-electron chi connectivity index (χ1n) is 0.690. The molecule has 5 heavy (non-hydrogen) atoms. The summed E-state index contributed by atoms with van der Waals surface area (Å²) in [5, 5.41) is 0. The molecule has 0 N–H and O–H groups in total. The number of halogens is 3. The van der Waals surface area contributed by atoms with Gasteiger partial charge in [-0.1, -0.05) is 11.8 Å². The molecule has 0 atom stereocenters. The zero-order valence-corrected chi connectivity index (χ0v) is 8.46. The summed E-state index contributed by atoms with van der Waals surface area (Å²) >= 11 is 14.1. The van der Waals surface area contributed by atoms with Crippen molar-refractivity contribution in [3.8, 4) is 0 Å². The van der Waals surface area contributed by atoms with Crippen molar-refractivity contribution in [2.45, 2.75) is 0 Å². The Labute approximate surface area is 59.9 Å². The molecular weight excluding hydrogens is 303 g/mol. The van der Waals surface area contributed by atoms with Crippen molar-refractivity contribution in [3.63, 3.8) is 0 Å². The zero-order valence-electron chi connectivity index (χ0n) is 1.99. The first kappa shape index (κ1) is 7.09. The summed E-state index contributed by atoms with van der Waals surface area (Å²) < 4.78 is -1.37. The Morgan fingerprint density at radius 1 is 1.20 bits per heavy atom. The number of rotatable bonds is 0. The molecule has 0 bridgehead atoms. The third kappa shape index (κ3) is 23.3. The van der Waals surface area contributed by atoms with Crippen LogP contribution in [0.2, 0.25) is 0 Å². The Balaban J connectivity index is 3.47. The lowest BCUT2D eigenvalue weighted by atomic mass is 30.6. The van der Waals surface area contributed by atoms with Gasteiger partial charge in [0.05, 0.1) is 0 Å². The Bertz CT molecular complexity index is 53.0. The molecule has 0 spiro atoms. The highest BCUT2D eigenvalue weighted by Crippen LogP contribution is 2.68. The lowest BCUT2D eigenvalue weighted by molar-refractivity contribution is 5.69. The maximum atomic E-state index is 4.69. The van der Waals surface area contributed by atoms with Crippen LogP contribution in [0.4, 0.5) is 0 Å². The van der Waals surface area contributed by atoms with E-state index in [4.69, 9.17) is 0 Å². The molecule has 0 nitrogen and oxygen atoms in total. The van der Waals surface area contributed by atoms with Crippen LogP contribution in [0.15, 0.2) is 0 Å². The van der Waals surface area contributed by atoms with E-state index in [1.54, 1.807) is 0 Å². The van der Waals surface area contributed by atoms with E-state index in [1.165, 1.54) is 0 Å². The fourth-order valence-electron chi connectivity index (χ4n) is 0. The largest absolute Gasteiger partial charge is 0.136 e. The predicted molar refractivity (Wildman–Crippen MR) is 41.1 cm³/mol. The van der Waals surface area contributed by atoms with Crippen LogP contribution in [0.5, 0.6) is 0 Å². The van der Waals surface area contributed by atoms with Crippen LogP contribution in [0.3, 0.4) is 0 Å². The summed E-state index contributed by atoms with van der Waals surface area (Å²) in [6, 6.07) is 0. The van der Waals surface area contributed by atoms with Crippen LogP contribution in [-0.2, 0) is 11.8 Å². The first-order chi connectivity index (χ1) is 2.00.